The molecule has 0 bridgehead atoms. The van der Waals surface area contributed by atoms with Crippen molar-refractivity contribution in [1.82, 2.24) is 24.3 Å². The summed E-state index contributed by atoms with van der Waals surface area (Å²) < 4.78 is 27.4. The molecule has 3 aromatic heterocycles. The number of nitrogens with zero attached hydrogens (tertiary/aromatic N) is 5. The lowest BCUT2D eigenvalue weighted by atomic mass is 10.1. The molecule has 0 unspecified atom stereocenters. The molecule has 0 saturated carbocycles. The molecular weight excluding hydrogens is 473 g/mol. The smallest absolute Gasteiger partial charge is 0.277 e. The van der Waals surface area contributed by atoms with Gasteiger partial charge in [-0.15, -0.1) is 0 Å². The zero-order valence-electron chi connectivity index (χ0n) is 19.5. The Morgan fingerprint density at radius 3 is 2.43 bits per heavy atom. The lowest BCUT2D eigenvalue weighted by Crippen LogP contribution is -2.21. The second-order valence-corrected chi connectivity index (χ2v) is 8.41. The quantitative estimate of drug-likeness (QED) is 0.312. The van der Waals surface area contributed by atoms with Gasteiger partial charge >= 0.3 is 0 Å². The second kappa shape index (κ2) is 9.54. The van der Waals surface area contributed by atoms with Crippen molar-refractivity contribution in [2.75, 3.05) is 0 Å². The maximum atomic E-state index is 13.2. The monoisotopic (exact) mass is 493 g/mol. The third kappa shape index (κ3) is 4.74. The summed E-state index contributed by atoms with van der Waals surface area (Å²) in [7, 11) is 0. The first-order valence-corrected chi connectivity index (χ1v) is 11.6. The fraction of sp³-hybridized carbons (Fsp3) is 0.0714. The highest BCUT2D eigenvalue weighted by Crippen LogP contribution is 2.22. The summed E-state index contributed by atoms with van der Waals surface area (Å²) in [6, 6.07) is 25.0. The molecule has 37 heavy (non-hydrogen) atoms. The lowest BCUT2D eigenvalue weighted by molar-refractivity contribution is 0.306. The molecule has 0 radical (unpaired) electrons. The molecule has 0 amide bonds. The van der Waals surface area contributed by atoms with Gasteiger partial charge < -0.3 is 13.8 Å². The van der Waals surface area contributed by atoms with Crippen molar-refractivity contribution in [3.8, 4) is 28.4 Å². The molecule has 0 fully saturated rings. The van der Waals surface area contributed by atoms with Gasteiger partial charge in [-0.3, -0.25) is 4.79 Å². The fourth-order valence-corrected chi connectivity index (χ4v) is 3.94. The minimum Gasteiger partial charge on any atom is -0.489 e. The first kappa shape index (κ1) is 22.4. The second-order valence-electron chi connectivity index (χ2n) is 8.41. The fourth-order valence-electron chi connectivity index (χ4n) is 3.94. The topological polar surface area (TPSA) is 87.5 Å². The Morgan fingerprint density at radius 1 is 0.892 bits per heavy atom. The zero-order chi connectivity index (χ0) is 25.2. The summed E-state index contributed by atoms with van der Waals surface area (Å²) in [6.07, 6.45) is 3.29. The van der Waals surface area contributed by atoms with Crippen LogP contribution in [0.4, 0.5) is 4.39 Å². The van der Waals surface area contributed by atoms with E-state index in [4.69, 9.17) is 9.26 Å². The molecule has 3 aromatic carbocycles. The molecule has 6 aromatic rings. The van der Waals surface area contributed by atoms with Crippen LogP contribution in [-0.2, 0) is 13.2 Å². The van der Waals surface area contributed by atoms with Crippen molar-refractivity contribution in [3.05, 3.63) is 125 Å². The Labute approximate surface area is 210 Å². The first-order valence-electron chi connectivity index (χ1n) is 11.6. The molecule has 0 N–H and O–H groups in total. The predicted molar refractivity (Wildman–Crippen MR) is 134 cm³/mol. The Balaban J connectivity index is 1.17. The van der Waals surface area contributed by atoms with E-state index < -0.39 is 0 Å². The van der Waals surface area contributed by atoms with Gasteiger partial charge in [-0.1, -0.05) is 35.5 Å². The summed E-state index contributed by atoms with van der Waals surface area (Å²) in [6.45, 7) is 0.589. The Bertz CT molecular complexity index is 1720. The first-order chi connectivity index (χ1) is 18.1. The molecule has 0 aliphatic heterocycles. The van der Waals surface area contributed by atoms with Crippen molar-refractivity contribution < 1.29 is 13.7 Å². The van der Waals surface area contributed by atoms with Crippen LogP contribution in [0.5, 0.6) is 5.75 Å². The van der Waals surface area contributed by atoms with Crippen molar-refractivity contribution in [2.24, 2.45) is 0 Å². The number of benzene rings is 3. The summed E-state index contributed by atoms with van der Waals surface area (Å²) in [5.74, 6) is 1.11. The summed E-state index contributed by atoms with van der Waals surface area (Å²) in [5.41, 5.74) is 3.27. The van der Waals surface area contributed by atoms with Crippen LogP contribution in [0.15, 0.2) is 107 Å². The molecule has 3 heterocycles. The van der Waals surface area contributed by atoms with E-state index in [1.54, 1.807) is 30.6 Å². The molecule has 182 valence electrons. The highest BCUT2D eigenvalue weighted by Gasteiger charge is 2.13. The van der Waals surface area contributed by atoms with Gasteiger partial charge in [0.2, 0.25) is 11.7 Å². The van der Waals surface area contributed by atoms with Crippen LogP contribution in [-0.4, -0.2) is 24.3 Å². The Kier molecular flexibility index (Phi) is 5.78. The largest absolute Gasteiger partial charge is 0.489 e. The Hall–Kier alpha value is -5.05. The van der Waals surface area contributed by atoms with Gasteiger partial charge in [-0.2, -0.15) is 10.1 Å². The third-order valence-electron chi connectivity index (χ3n) is 5.88. The van der Waals surface area contributed by atoms with E-state index in [0.29, 0.717) is 35.1 Å². The molecule has 0 spiro atoms. The number of hydrogen-bond donors (Lipinski definition) is 0. The molecule has 0 saturated heterocycles. The van der Waals surface area contributed by atoms with Crippen molar-refractivity contribution >= 4 is 5.52 Å². The molecule has 8 nitrogen and oxygen atoms in total. The Morgan fingerprint density at radius 2 is 1.65 bits per heavy atom. The van der Waals surface area contributed by atoms with E-state index in [2.05, 4.69) is 15.2 Å². The highest BCUT2D eigenvalue weighted by molar-refractivity contribution is 5.65. The number of halogens is 1. The summed E-state index contributed by atoms with van der Waals surface area (Å²) in [5, 5.41) is 8.48. The molecule has 0 aliphatic carbocycles. The van der Waals surface area contributed by atoms with Crippen molar-refractivity contribution in [2.45, 2.75) is 13.2 Å². The lowest BCUT2D eigenvalue weighted by Gasteiger charge is -2.06. The van der Waals surface area contributed by atoms with Gasteiger partial charge in [0.1, 0.15) is 30.2 Å². The predicted octanol–water partition coefficient (Wildman–Crippen LogP) is 4.98. The van der Waals surface area contributed by atoms with Crippen LogP contribution in [0.2, 0.25) is 0 Å². The van der Waals surface area contributed by atoms with Gasteiger partial charge in [-0.05, 0) is 60.2 Å². The maximum absolute atomic E-state index is 13.2. The minimum atomic E-state index is -0.332. The van der Waals surface area contributed by atoms with Crippen molar-refractivity contribution in [1.29, 1.82) is 0 Å². The van der Waals surface area contributed by atoms with Crippen LogP contribution in [0, 0.1) is 5.82 Å². The minimum absolute atomic E-state index is 0.109. The van der Waals surface area contributed by atoms with E-state index in [-0.39, 0.29) is 17.9 Å². The molecule has 6 rings (SSSR count). The van der Waals surface area contributed by atoms with Gasteiger partial charge in [0.15, 0.2) is 0 Å². The summed E-state index contributed by atoms with van der Waals surface area (Å²) in [4.78, 5) is 17.5. The van der Waals surface area contributed by atoms with Gasteiger partial charge in [0, 0.05) is 23.5 Å². The van der Waals surface area contributed by atoms with Crippen LogP contribution < -0.4 is 10.3 Å². The van der Waals surface area contributed by atoms with Gasteiger partial charge in [-0.25, -0.2) is 8.91 Å². The van der Waals surface area contributed by atoms with E-state index in [0.717, 1.165) is 16.9 Å². The van der Waals surface area contributed by atoms with Gasteiger partial charge in [0.25, 0.3) is 5.56 Å². The maximum Gasteiger partial charge on any atom is 0.277 e. The molecule has 0 aliphatic rings. The average Bonchev–Trinajstić information content (AvgIpc) is 3.58. The van der Waals surface area contributed by atoms with Crippen LogP contribution >= 0.6 is 0 Å². The van der Waals surface area contributed by atoms with E-state index in [1.165, 1.54) is 21.2 Å². The molecular formula is C28H20FN5O3. The normalized spacial score (nSPS) is 11.2. The number of ether oxygens (including phenoxy) is 1. The SMILES string of the molecule is O=c1c2cc(-c3ccc(F)cc3)nn2ccn1Cc1nc(-c2ccc(OCc3ccccc3)cc2)no1. The zero-order valence-corrected chi connectivity index (χ0v) is 19.5. The molecule has 9 heteroatoms. The number of aromatic nitrogens is 5. The standard InChI is InChI=1S/C28H20FN5O3/c29-22-10-6-20(7-11-22)24-16-25-28(35)33(14-15-34(25)31-24)17-26-30-27(32-37-26)21-8-12-23(13-9-21)36-18-19-4-2-1-3-5-19/h1-16H,17-18H2. The number of hydrogen-bond acceptors (Lipinski definition) is 6. The van der Waals surface area contributed by atoms with Gasteiger partial charge in [0.05, 0.1) is 5.69 Å². The number of fused-ring (bicyclic) bond motifs is 1. The molecule has 0 atom stereocenters. The van der Waals surface area contributed by atoms with Crippen LogP contribution in [0.25, 0.3) is 28.2 Å². The van der Waals surface area contributed by atoms with E-state index in [1.807, 2.05) is 54.6 Å². The average molecular weight is 493 g/mol. The van der Waals surface area contributed by atoms with Crippen molar-refractivity contribution in [3.63, 3.8) is 0 Å². The summed E-state index contributed by atoms with van der Waals surface area (Å²) >= 11 is 0. The van der Waals surface area contributed by atoms with Crippen LogP contribution in [0.3, 0.4) is 0 Å². The third-order valence-corrected chi connectivity index (χ3v) is 5.88. The number of rotatable bonds is 7. The highest BCUT2D eigenvalue weighted by atomic mass is 19.1. The van der Waals surface area contributed by atoms with Crippen LogP contribution in [0.1, 0.15) is 11.5 Å². The van der Waals surface area contributed by atoms with E-state index in [9.17, 15) is 9.18 Å². The van der Waals surface area contributed by atoms with E-state index >= 15 is 0 Å².